The minimum absolute atomic E-state index is 0.647. The first-order valence-electron chi connectivity index (χ1n) is 18.2. The monoisotopic (exact) mass is 721 g/mol. The van der Waals surface area contributed by atoms with Gasteiger partial charge in [0.05, 0.1) is 11.4 Å². The van der Waals surface area contributed by atoms with E-state index in [-0.39, 0.29) is 0 Å². The Labute approximate surface area is 322 Å². The molecule has 7 aromatic carbocycles. The average Bonchev–Trinajstić information content (AvgIpc) is 3.66. The Kier molecular flexibility index (Phi) is 8.28. The van der Waals surface area contributed by atoms with E-state index in [1.54, 1.807) is 11.3 Å². The summed E-state index contributed by atoms with van der Waals surface area (Å²) in [7, 11) is 0. The summed E-state index contributed by atoms with van der Waals surface area (Å²) in [6, 6.07) is 64.6. The van der Waals surface area contributed by atoms with Crippen LogP contribution in [0.1, 0.15) is 0 Å². The van der Waals surface area contributed by atoms with Gasteiger partial charge in [-0.2, -0.15) is 0 Å². The van der Waals surface area contributed by atoms with Crippen LogP contribution in [0.2, 0.25) is 0 Å². The third kappa shape index (κ3) is 6.35. The van der Waals surface area contributed by atoms with Crippen molar-refractivity contribution >= 4 is 31.5 Å². The maximum absolute atomic E-state index is 5.18. The van der Waals surface area contributed by atoms with Gasteiger partial charge in [-0.3, -0.25) is 0 Å². The molecule has 0 unspecified atom stereocenters. The fourth-order valence-corrected chi connectivity index (χ4v) is 8.18. The van der Waals surface area contributed by atoms with Gasteiger partial charge in [-0.25, -0.2) is 24.9 Å². The second kappa shape index (κ2) is 14.0. The highest BCUT2D eigenvalue weighted by Gasteiger charge is 2.18. The molecule has 10 aromatic rings. The number of nitrogens with zero attached hydrogens (tertiary/aromatic N) is 5. The van der Waals surface area contributed by atoms with Crippen molar-refractivity contribution in [3.63, 3.8) is 0 Å². The molecule has 0 saturated carbocycles. The molecule has 0 aliphatic rings. The molecule has 258 valence electrons. The number of thiophene rings is 1. The summed E-state index contributed by atoms with van der Waals surface area (Å²) in [6.07, 6.45) is 0. The molecule has 3 heterocycles. The molecule has 55 heavy (non-hydrogen) atoms. The minimum Gasteiger partial charge on any atom is -0.228 e. The van der Waals surface area contributed by atoms with E-state index in [1.807, 2.05) is 84.9 Å². The van der Waals surface area contributed by atoms with E-state index in [2.05, 4.69) is 103 Å². The summed E-state index contributed by atoms with van der Waals surface area (Å²) < 4.78 is 2.31. The van der Waals surface area contributed by atoms with Crippen molar-refractivity contribution in [3.8, 4) is 79.2 Å². The van der Waals surface area contributed by atoms with Crippen molar-refractivity contribution in [2.45, 2.75) is 0 Å². The van der Waals surface area contributed by atoms with Crippen LogP contribution in [0, 0.1) is 0 Å². The molecule has 0 bridgehead atoms. The molecule has 3 aromatic heterocycles. The van der Waals surface area contributed by atoms with Gasteiger partial charge in [0, 0.05) is 53.6 Å². The zero-order valence-corrected chi connectivity index (χ0v) is 30.4. The zero-order chi connectivity index (χ0) is 36.6. The quantitative estimate of drug-likeness (QED) is 0.164. The fourth-order valence-electron chi connectivity index (χ4n) is 6.99. The highest BCUT2D eigenvalue weighted by Crippen LogP contribution is 2.41. The van der Waals surface area contributed by atoms with Crippen LogP contribution in [-0.4, -0.2) is 24.9 Å². The number of benzene rings is 7. The van der Waals surface area contributed by atoms with Crippen LogP contribution in [0.5, 0.6) is 0 Å². The van der Waals surface area contributed by atoms with E-state index in [0.717, 1.165) is 65.8 Å². The molecule has 0 aliphatic carbocycles. The summed E-state index contributed by atoms with van der Waals surface area (Å²) in [5, 5.41) is 2.31. The van der Waals surface area contributed by atoms with Gasteiger partial charge in [0.25, 0.3) is 0 Å². The topological polar surface area (TPSA) is 64.5 Å². The number of hydrogen-bond donors (Lipinski definition) is 0. The van der Waals surface area contributed by atoms with Crippen LogP contribution in [0.25, 0.3) is 99.4 Å². The standard InChI is InChI=1S/C49H31N5S/c1-5-14-32(15-6-1)33-24-26-37(27-25-33)46-50-42(34-16-7-2-8-17-34)31-43(51-46)38-28-29-44-41(30-38)39-22-13-23-40(45(39)55-44)49-53-47(35-18-9-3-10-19-35)52-48(54-49)36-20-11-4-12-21-36/h1-31H. The molecular formula is C49H31N5S. The largest absolute Gasteiger partial charge is 0.228 e. The lowest BCUT2D eigenvalue weighted by Gasteiger charge is -2.10. The zero-order valence-electron chi connectivity index (χ0n) is 29.5. The van der Waals surface area contributed by atoms with Crippen LogP contribution in [-0.2, 0) is 0 Å². The van der Waals surface area contributed by atoms with Crippen molar-refractivity contribution < 1.29 is 0 Å². The van der Waals surface area contributed by atoms with Gasteiger partial charge >= 0.3 is 0 Å². The molecule has 0 radical (unpaired) electrons. The Balaban J connectivity index is 1.10. The molecule has 6 heteroatoms. The van der Waals surface area contributed by atoms with Crippen LogP contribution < -0.4 is 0 Å². The van der Waals surface area contributed by atoms with Crippen LogP contribution in [0.4, 0.5) is 0 Å². The summed E-state index contributed by atoms with van der Waals surface area (Å²) in [6.45, 7) is 0. The summed E-state index contributed by atoms with van der Waals surface area (Å²) >= 11 is 1.76. The summed E-state index contributed by atoms with van der Waals surface area (Å²) in [5.41, 5.74) is 9.98. The Bertz CT molecular complexity index is 2890. The predicted octanol–water partition coefficient (Wildman–Crippen LogP) is 12.7. The fraction of sp³-hybridized carbons (Fsp3) is 0. The van der Waals surface area contributed by atoms with Gasteiger partial charge in [-0.1, -0.05) is 164 Å². The van der Waals surface area contributed by atoms with Crippen molar-refractivity contribution in [2.75, 3.05) is 0 Å². The highest BCUT2D eigenvalue weighted by molar-refractivity contribution is 7.26. The summed E-state index contributed by atoms with van der Waals surface area (Å²) in [4.78, 5) is 25.3. The van der Waals surface area contributed by atoms with Gasteiger partial charge in [-0.05, 0) is 35.4 Å². The van der Waals surface area contributed by atoms with Crippen LogP contribution >= 0.6 is 11.3 Å². The average molecular weight is 722 g/mol. The van der Waals surface area contributed by atoms with E-state index in [4.69, 9.17) is 24.9 Å². The van der Waals surface area contributed by atoms with Crippen LogP contribution in [0.15, 0.2) is 188 Å². The Morgan fingerprint density at radius 2 is 0.745 bits per heavy atom. The molecule has 0 amide bonds. The van der Waals surface area contributed by atoms with Crippen molar-refractivity contribution in [2.24, 2.45) is 0 Å². The van der Waals surface area contributed by atoms with Crippen molar-refractivity contribution in [1.82, 2.24) is 24.9 Å². The molecule has 0 N–H and O–H groups in total. The number of aromatic nitrogens is 5. The lowest BCUT2D eigenvalue weighted by molar-refractivity contribution is 1.08. The van der Waals surface area contributed by atoms with E-state index in [1.165, 1.54) is 10.3 Å². The van der Waals surface area contributed by atoms with E-state index in [9.17, 15) is 0 Å². The molecule has 5 nitrogen and oxygen atoms in total. The van der Waals surface area contributed by atoms with Crippen molar-refractivity contribution in [3.05, 3.63) is 188 Å². The lowest BCUT2D eigenvalue weighted by Crippen LogP contribution is -2.00. The minimum atomic E-state index is 0.647. The normalized spacial score (nSPS) is 11.3. The van der Waals surface area contributed by atoms with Gasteiger partial charge in [0.2, 0.25) is 0 Å². The smallest absolute Gasteiger partial charge is 0.165 e. The number of fused-ring (bicyclic) bond motifs is 3. The van der Waals surface area contributed by atoms with Gasteiger partial charge in [0.1, 0.15) is 0 Å². The molecule has 0 fully saturated rings. The number of hydrogen-bond acceptors (Lipinski definition) is 6. The predicted molar refractivity (Wildman–Crippen MR) is 226 cm³/mol. The molecule has 0 spiro atoms. The first kappa shape index (κ1) is 32.5. The Hall–Kier alpha value is -7.15. The highest BCUT2D eigenvalue weighted by atomic mass is 32.1. The Morgan fingerprint density at radius 3 is 1.36 bits per heavy atom. The second-order valence-corrected chi connectivity index (χ2v) is 14.4. The van der Waals surface area contributed by atoms with Gasteiger partial charge < -0.3 is 0 Å². The van der Waals surface area contributed by atoms with Crippen LogP contribution in [0.3, 0.4) is 0 Å². The van der Waals surface area contributed by atoms with Gasteiger partial charge in [-0.15, -0.1) is 11.3 Å². The second-order valence-electron chi connectivity index (χ2n) is 13.3. The summed E-state index contributed by atoms with van der Waals surface area (Å²) in [5.74, 6) is 2.63. The first-order valence-corrected chi connectivity index (χ1v) is 19.0. The third-order valence-electron chi connectivity index (χ3n) is 9.78. The van der Waals surface area contributed by atoms with E-state index in [0.29, 0.717) is 23.3 Å². The van der Waals surface area contributed by atoms with E-state index >= 15 is 0 Å². The molecular weight excluding hydrogens is 691 g/mol. The maximum Gasteiger partial charge on any atom is 0.165 e. The molecule has 10 rings (SSSR count). The van der Waals surface area contributed by atoms with Gasteiger partial charge in [0.15, 0.2) is 23.3 Å². The van der Waals surface area contributed by atoms with E-state index < -0.39 is 0 Å². The third-order valence-corrected chi connectivity index (χ3v) is 11.0. The first-order chi connectivity index (χ1) is 27.2. The molecule has 0 saturated heterocycles. The molecule has 0 aliphatic heterocycles. The van der Waals surface area contributed by atoms with Crippen molar-refractivity contribution in [1.29, 1.82) is 0 Å². The molecule has 0 atom stereocenters. The SMILES string of the molecule is c1ccc(-c2ccc(-c3nc(-c4ccccc4)cc(-c4ccc5sc6c(-c7nc(-c8ccccc8)nc(-c8ccccc8)n7)cccc6c5c4)n3)cc2)cc1. The lowest BCUT2D eigenvalue weighted by atomic mass is 10.0. The maximum atomic E-state index is 5.18. The number of rotatable bonds is 7. The Morgan fingerprint density at radius 1 is 0.291 bits per heavy atom.